The van der Waals surface area contributed by atoms with E-state index in [1.54, 1.807) is 18.2 Å². The summed E-state index contributed by atoms with van der Waals surface area (Å²) in [7, 11) is -3.58. The molecule has 130 valence electrons. The largest absolute Gasteiger partial charge is 0.356 e. The zero-order valence-electron chi connectivity index (χ0n) is 13.9. The monoisotopic (exact) mass is 349 g/mol. The third-order valence-electron chi connectivity index (χ3n) is 4.61. The van der Waals surface area contributed by atoms with Gasteiger partial charge < -0.3 is 10.2 Å². The van der Waals surface area contributed by atoms with E-state index >= 15 is 0 Å². The van der Waals surface area contributed by atoms with Gasteiger partial charge in [0.25, 0.3) is 10.0 Å². The summed E-state index contributed by atoms with van der Waals surface area (Å²) < 4.78 is 28.3. The van der Waals surface area contributed by atoms with Crippen LogP contribution in [-0.4, -0.2) is 44.7 Å². The average molecular weight is 349 g/mol. The number of unbranched alkanes of at least 4 members (excludes halogenated alkanes) is 1. The minimum atomic E-state index is -3.58. The Labute approximate surface area is 143 Å². The Hall–Kier alpha value is -1.89. The molecule has 1 fully saturated rings. The number of carbonyl (C=O) groups is 1. The molecule has 3 rings (SSSR count). The van der Waals surface area contributed by atoms with Gasteiger partial charge in [-0.25, -0.2) is 0 Å². The summed E-state index contributed by atoms with van der Waals surface area (Å²) in [6, 6.07) is 6.92. The van der Waals surface area contributed by atoms with Gasteiger partial charge in [0.2, 0.25) is 5.91 Å². The van der Waals surface area contributed by atoms with Crippen molar-refractivity contribution in [2.24, 2.45) is 10.3 Å². The molecule has 0 aromatic heterocycles. The second kappa shape index (κ2) is 6.93. The van der Waals surface area contributed by atoms with Gasteiger partial charge in [0, 0.05) is 31.1 Å². The molecule has 1 aromatic rings. The first-order valence-corrected chi connectivity index (χ1v) is 9.94. The summed E-state index contributed by atoms with van der Waals surface area (Å²) in [5.74, 6) is 0.645. The maximum absolute atomic E-state index is 12.1. The van der Waals surface area contributed by atoms with Crippen LogP contribution in [0.15, 0.2) is 33.6 Å². The number of hydrogen-bond donors (Lipinski definition) is 1. The highest BCUT2D eigenvalue weighted by molar-refractivity contribution is 7.90. The number of likely N-dealkylation sites (tertiary alicyclic amines) is 1. The van der Waals surface area contributed by atoms with Crippen LogP contribution in [0.1, 0.15) is 38.2 Å². The van der Waals surface area contributed by atoms with E-state index < -0.39 is 10.0 Å². The second-order valence-corrected chi connectivity index (χ2v) is 7.86. The Balaban J connectivity index is 1.65. The highest BCUT2D eigenvalue weighted by Gasteiger charge is 2.34. The van der Waals surface area contributed by atoms with Crippen LogP contribution in [0, 0.1) is 5.92 Å². The van der Waals surface area contributed by atoms with E-state index in [-0.39, 0.29) is 16.7 Å². The van der Waals surface area contributed by atoms with E-state index in [1.807, 2.05) is 11.0 Å². The molecule has 1 aromatic carbocycles. The fourth-order valence-electron chi connectivity index (χ4n) is 3.20. The number of hydrogen-bond acceptors (Lipinski definition) is 4. The lowest BCUT2D eigenvalue weighted by atomic mass is 9.95. The Morgan fingerprint density at radius 2 is 2.00 bits per heavy atom. The molecular weight excluding hydrogens is 326 g/mol. The predicted octanol–water partition coefficient (Wildman–Crippen LogP) is 1.76. The lowest BCUT2D eigenvalue weighted by Crippen LogP contribution is -2.43. The maximum Gasteiger partial charge on any atom is 0.285 e. The summed E-state index contributed by atoms with van der Waals surface area (Å²) in [5, 5.41) is 2.98. The highest BCUT2D eigenvalue weighted by Crippen LogP contribution is 2.29. The number of piperidine rings is 1. The highest BCUT2D eigenvalue weighted by atomic mass is 32.2. The molecule has 0 radical (unpaired) electrons. The van der Waals surface area contributed by atoms with E-state index in [9.17, 15) is 13.2 Å². The molecule has 0 saturated carbocycles. The predicted molar refractivity (Wildman–Crippen MR) is 92.4 cm³/mol. The fourth-order valence-corrected chi connectivity index (χ4v) is 4.43. The van der Waals surface area contributed by atoms with Gasteiger partial charge in [0.15, 0.2) is 5.84 Å². The zero-order valence-corrected chi connectivity index (χ0v) is 14.7. The van der Waals surface area contributed by atoms with Crippen molar-refractivity contribution in [2.45, 2.75) is 37.5 Å². The lowest BCUT2D eigenvalue weighted by molar-refractivity contribution is -0.126. The van der Waals surface area contributed by atoms with Crippen molar-refractivity contribution >= 4 is 21.8 Å². The van der Waals surface area contributed by atoms with Crippen LogP contribution in [0.25, 0.3) is 0 Å². The van der Waals surface area contributed by atoms with Crippen molar-refractivity contribution in [2.75, 3.05) is 19.6 Å². The number of benzene rings is 1. The van der Waals surface area contributed by atoms with E-state index in [0.717, 1.165) is 32.2 Å². The van der Waals surface area contributed by atoms with Gasteiger partial charge in [0.05, 0.1) is 0 Å². The van der Waals surface area contributed by atoms with Gasteiger partial charge in [-0.1, -0.05) is 25.5 Å². The first-order valence-electron chi connectivity index (χ1n) is 8.50. The fraction of sp³-hybridized carbons (Fsp3) is 0.529. The number of carbonyl (C=O) groups excluding carboxylic acids is 1. The van der Waals surface area contributed by atoms with Gasteiger partial charge in [-0.2, -0.15) is 8.42 Å². The van der Waals surface area contributed by atoms with Crippen molar-refractivity contribution < 1.29 is 13.2 Å². The van der Waals surface area contributed by atoms with Crippen LogP contribution in [0.2, 0.25) is 0 Å². The van der Waals surface area contributed by atoms with Crippen LogP contribution in [0.5, 0.6) is 0 Å². The smallest absolute Gasteiger partial charge is 0.285 e. The number of fused-ring (bicyclic) bond motifs is 1. The molecule has 2 aliphatic rings. The molecule has 2 aliphatic heterocycles. The molecule has 6 nitrogen and oxygen atoms in total. The Kier molecular flexibility index (Phi) is 4.89. The Morgan fingerprint density at radius 1 is 1.29 bits per heavy atom. The van der Waals surface area contributed by atoms with E-state index in [0.29, 0.717) is 24.5 Å². The molecule has 1 N–H and O–H groups in total. The number of amidine groups is 1. The Bertz CT molecular complexity index is 750. The SMILES string of the molecule is CCCCNC(=O)C1CCN(C2=NS(=O)(=O)c3ccccc32)CC1. The van der Waals surface area contributed by atoms with Crippen LogP contribution < -0.4 is 5.32 Å². The Morgan fingerprint density at radius 3 is 2.71 bits per heavy atom. The van der Waals surface area contributed by atoms with Gasteiger partial charge in [0.1, 0.15) is 4.90 Å². The van der Waals surface area contributed by atoms with Crippen molar-refractivity contribution in [3.05, 3.63) is 29.8 Å². The third-order valence-corrected chi connectivity index (χ3v) is 5.93. The number of amides is 1. The standard InChI is InChI=1S/C17H23N3O3S/c1-2-3-10-18-17(21)13-8-11-20(12-9-13)16-14-6-4-5-7-15(14)24(22,23)19-16/h4-7,13H,2-3,8-12H2,1H3,(H,18,21). The van der Waals surface area contributed by atoms with Crippen molar-refractivity contribution in [1.29, 1.82) is 0 Å². The molecule has 24 heavy (non-hydrogen) atoms. The summed E-state index contributed by atoms with van der Waals surface area (Å²) in [6.07, 6.45) is 3.50. The number of nitrogens with zero attached hydrogens (tertiary/aromatic N) is 2. The molecule has 0 bridgehead atoms. The number of rotatable bonds is 4. The molecule has 0 unspecified atom stereocenters. The molecule has 0 aliphatic carbocycles. The topological polar surface area (TPSA) is 78.8 Å². The van der Waals surface area contributed by atoms with Crippen molar-refractivity contribution in [1.82, 2.24) is 10.2 Å². The summed E-state index contributed by atoms with van der Waals surface area (Å²) in [5.41, 5.74) is 0.670. The van der Waals surface area contributed by atoms with Crippen LogP contribution in [-0.2, 0) is 14.8 Å². The molecule has 1 saturated heterocycles. The second-order valence-electron chi connectivity index (χ2n) is 6.29. The minimum Gasteiger partial charge on any atom is -0.356 e. The summed E-state index contributed by atoms with van der Waals surface area (Å²) in [4.78, 5) is 14.4. The number of sulfonamides is 1. The van der Waals surface area contributed by atoms with Crippen LogP contribution in [0.3, 0.4) is 0 Å². The molecule has 1 amide bonds. The summed E-state index contributed by atoms with van der Waals surface area (Å²) >= 11 is 0. The van der Waals surface area contributed by atoms with E-state index in [2.05, 4.69) is 16.6 Å². The van der Waals surface area contributed by atoms with E-state index in [4.69, 9.17) is 0 Å². The maximum atomic E-state index is 12.1. The molecule has 7 heteroatoms. The quantitative estimate of drug-likeness (QED) is 0.840. The molecule has 2 heterocycles. The van der Waals surface area contributed by atoms with Crippen molar-refractivity contribution in [3.8, 4) is 0 Å². The molecular formula is C17H23N3O3S. The first-order chi connectivity index (χ1) is 11.5. The molecule has 0 spiro atoms. The average Bonchev–Trinajstić information content (AvgIpc) is 2.87. The van der Waals surface area contributed by atoms with Gasteiger partial charge >= 0.3 is 0 Å². The lowest BCUT2D eigenvalue weighted by Gasteiger charge is -2.32. The number of nitrogens with one attached hydrogen (secondary N) is 1. The molecule has 0 atom stereocenters. The van der Waals surface area contributed by atoms with Crippen LogP contribution in [0.4, 0.5) is 0 Å². The zero-order chi connectivity index (χ0) is 17.2. The summed E-state index contributed by atoms with van der Waals surface area (Å²) in [6.45, 7) is 4.12. The normalized spacial score (nSPS) is 19.7. The van der Waals surface area contributed by atoms with Gasteiger partial charge in [-0.3, -0.25) is 4.79 Å². The third kappa shape index (κ3) is 3.31. The van der Waals surface area contributed by atoms with Gasteiger partial charge in [-0.15, -0.1) is 4.40 Å². The minimum absolute atomic E-state index is 0.00644. The van der Waals surface area contributed by atoms with Gasteiger partial charge in [-0.05, 0) is 31.4 Å². The van der Waals surface area contributed by atoms with Crippen LogP contribution >= 0.6 is 0 Å². The van der Waals surface area contributed by atoms with Crippen molar-refractivity contribution in [3.63, 3.8) is 0 Å². The van der Waals surface area contributed by atoms with E-state index in [1.165, 1.54) is 0 Å². The first kappa shape index (κ1) is 17.0.